The van der Waals surface area contributed by atoms with Crippen LogP contribution in [0.4, 0.5) is 13.2 Å². The Balaban J connectivity index is 1.89. The number of nitrogens with one attached hydrogen (secondary N) is 1. The van der Waals surface area contributed by atoms with Crippen LogP contribution in [-0.2, 0) is 0 Å². The summed E-state index contributed by atoms with van der Waals surface area (Å²) < 4.78 is 45.6. The van der Waals surface area contributed by atoms with Gasteiger partial charge in [-0.25, -0.2) is 0 Å². The first-order valence-corrected chi connectivity index (χ1v) is 6.70. The molecule has 1 aliphatic heterocycles. The summed E-state index contributed by atoms with van der Waals surface area (Å²) in [5.41, 5.74) is 0. The van der Waals surface area contributed by atoms with E-state index in [0.717, 1.165) is 13.0 Å². The van der Waals surface area contributed by atoms with Crippen LogP contribution in [0.3, 0.4) is 0 Å². The van der Waals surface area contributed by atoms with Gasteiger partial charge in [-0.1, -0.05) is 6.42 Å². The number of piperidine rings is 1. The number of alkyl halides is 3. The number of hydrogen-bond acceptors (Lipinski definition) is 3. The largest absolute Gasteiger partial charge is 0.573 e. The fourth-order valence-corrected chi connectivity index (χ4v) is 2.30. The molecule has 1 N–H and O–H groups in total. The van der Waals surface area contributed by atoms with E-state index in [1.807, 2.05) is 6.92 Å². The molecule has 0 bridgehead atoms. The molecule has 0 amide bonds. The molecule has 0 spiro atoms. The van der Waals surface area contributed by atoms with E-state index < -0.39 is 6.36 Å². The van der Waals surface area contributed by atoms with E-state index in [-0.39, 0.29) is 17.9 Å². The van der Waals surface area contributed by atoms with Gasteiger partial charge in [-0.05, 0) is 50.6 Å². The predicted molar refractivity (Wildman–Crippen MR) is 68.9 cm³/mol. The summed E-state index contributed by atoms with van der Waals surface area (Å²) in [6.45, 7) is 2.94. The van der Waals surface area contributed by atoms with Crippen LogP contribution in [-0.4, -0.2) is 25.1 Å². The lowest BCUT2D eigenvalue weighted by Crippen LogP contribution is -2.44. The van der Waals surface area contributed by atoms with E-state index in [0.29, 0.717) is 5.75 Å². The highest BCUT2D eigenvalue weighted by Gasteiger charge is 2.31. The van der Waals surface area contributed by atoms with E-state index in [1.165, 1.54) is 37.1 Å². The second-order valence-corrected chi connectivity index (χ2v) is 4.90. The fraction of sp³-hybridized carbons (Fsp3) is 0.571. The molecular formula is C14H18F3NO2. The van der Waals surface area contributed by atoms with Crippen molar-refractivity contribution in [1.29, 1.82) is 0 Å². The highest BCUT2D eigenvalue weighted by molar-refractivity contribution is 5.31. The van der Waals surface area contributed by atoms with Crippen LogP contribution in [0.2, 0.25) is 0 Å². The van der Waals surface area contributed by atoms with Crippen LogP contribution < -0.4 is 14.8 Å². The quantitative estimate of drug-likeness (QED) is 0.920. The Morgan fingerprint density at radius 1 is 1.15 bits per heavy atom. The maximum atomic E-state index is 12.0. The zero-order valence-corrected chi connectivity index (χ0v) is 11.2. The molecule has 0 aliphatic carbocycles. The molecule has 1 fully saturated rings. The van der Waals surface area contributed by atoms with E-state index >= 15 is 0 Å². The standard InChI is InChI=1S/C14H18F3NO2/c1-10(13-4-2-3-9-18-13)19-11-5-7-12(8-6-11)20-14(15,16)17/h5-8,10,13,18H,2-4,9H2,1H3/t10?,13-/m0/s1. The number of benzene rings is 1. The van der Waals surface area contributed by atoms with Crippen LogP contribution in [0.15, 0.2) is 24.3 Å². The van der Waals surface area contributed by atoms with E-state index in [9.17, 15) is 13.2 Å². The first-order valence-electron chi connectivity index (χ1n) is 6.70. The molecule has 1 heterocycles. The molecule has 1 aliphatic rings. The Morgan fingerprint density at radius 2 is 1.80 bits per heavy atom. The smallest absolute Gasteiger partial charge is 0.489 e. The predicted octanol–water partition coefficient (Wildman–Crippen LogP) is 3.49. The molecule has 2 rings (SSSR count). The van der Waals surface area contributed by atoms with Gasteiger partial charge in [0, 0.05) is 6.04 Å². The van der Waals surface area contributed by atoms with Crippen molar-refractivity contribution in [1.82, 2.24) is 5.32 Å². The third-order valence-corrected chi connectivity index (χ3v) is 3.29. The average molecular weight is 289 g/mol. The number of ether oxygens (including phenoxy) is 2. The lowest BCUT2D eigenvalue weighted by atomic mass is 10.0. The first kappa shape index (κ1) is 15.0. The van der Waals surface area contributed by atoms with E-state index in [2.05, 4.69) is 10.1 Å². The maximum Gasteiger partial charge on any atom is 0.573 e. The maximum absolute atomic E-state index is 12.0. The van der Waals surface area contributed by atoms with Crippen molar-refractivity contribution in [3.05, 3.63) is 24.3 Å². The highest BCUT2D eigenvalue weighted by Crippen LogP contribution is 2.25. The van der Waals surface area contributed by atoms with Crippen molar-refractivity contribution in [2.75, 3.05) is 6.54 Å². The third kappa shape index (κ3) is 4.59. The zero-order chi connectivity index (χ0) is 14.6. The molecule has 20 heavy (non-hydrogen) atoms. The minimum atomic E-state index is -4.66. The summed E-state index contributed by atoms with van der Waals surface area (Å²) in [7, 11) is 0. The van der Waals surface area contributed by atoms with E-state index in [4.69, 9.17) is 4.74 Å². The molecule has 1 aromatic rings. The zero-order valence-electron chi connectivity index (χ0n) is 11.2. The van der Waals surface area contributed by atoms with Gasteiger partial charge in [-0.2, -0.15) is 0 Å². The van der Waals surface area contributed by atoms with E-state index in [1.54, 1.807) is 0 Å². The molecule has 1 saturated heterocycles. The molecule has 0 radical (unpaired) electrons. The van der Waals surface area contributed by atoms with Gasteiger partial charge in [0.2, 0.25) is 0 Å². The van der Waals surface area contributed by atoms with Crippen molar-refractivity contribution in [3.63, 3.8) is 0 Å². The minimum Gasteiger partial charge on any atom is -0.489 e. The topological polar surface area (TPSA) is 30.5 Å². The summed E-state index contributed by atoms with van der Waals surface area (Å²) in [6, 6.07) is 5.77. The molecule has 2 atom stereocenters. The van der Waals surface area contributed by atoms with Crippen molar-refractivity contribution >= 4 is 0 Å². The Kier molecular flexibility index (Phi) is 4.75. The van der Waals surface area contributed by atoms with Crippen molar-refractivity contribution in [3.8, 4) is 11.5 Å². The second-order valence-electron chi connectivity index (χ2n) is 4.90. The molecule has 1 unspecified atom stereocenters. The van der Waals surface area contributed by atoms with Crippen LogP contribution in [0.25, 0.3) is 0 Å². The molecule has 112 valence electrons. The Labute approximate surface area is 116 Å². The highest BCUT2D eigenvalue weighted by atomic mass is 19.4. The molecule has 0 aromatic heterocycles. The lowest BCUT2D eigenvalue weighted by Gasteiger charge is -2.29. The number of hydrogen-bond donors (Lipinski definition) is 1. The SMILES string of the molecule is CC(Oc1ccc(OC(F)(F)F)cc1)[C@@H]1CCCCN1. The second kappa shape index (κ2) is 6.35. The summed E-state index contributed by atoms with van der Waals surface area (Å²) in [4.78, 5) is 0. The molecule has 3 nitrogen and oxygen atoms in total. The number of rotatable bonds is 4. The Bertz CT molecular complexity index is 413. The van der Waals surface area contributed by atoms with Gasteiger partial charge in [0.1, 0.15) is 17.6 Å². The van der Waals surface area contributed by atoms with Crippen molar-refractivity contribution in [2.45, 2.75) is 44.7 Å². The Hall–Kier alpha value is -1.43. The Morgan fingerprint density at radius 3 is 2.35 bits per heavy atom. The van der Waals surface area contributed by atoms with Crippen LogP contribution >= 0.6 is 0 Å². The van der Waals surface area contributed by atoms with Crippen molar-refractivity contribution in [2.24, 2.45) is 0 Å². The fourth-order valence-electron chi connectivity index (χ4n) is 2.30. The monoisotopic (exact) mass is 289 g/mol. The van der Waals surface area contributed by atoms with Gasteiger partial charge in [-0.3, -0.25) is 0 Å². The molecule has 6 heteroatoms. The van der Waals surface area contributed by atoms with Gasteiger partial charge in [0.25, 0.3) is 0 Å². The molecule has 1 aromatic carbocycles. The van der Waals surface area contributed by atoms with Gasteiger partial charge in [0.15, 0.2) is 0 Å². The summed E-state index contributed by atoms with van der Waals surface area (Å²) >= 11 is 0. The number of halogens is 3. The molecular weight excluding hydrogens is 271 g/mol. The van der Waals surface area contributed by atoms with Crippen LogP contribution in [0, 0.1) is 0 Å². The van der Waals surface area contributed by atoms with Crippen molar-refractivity contribution < 1.29 is 22.6 Å². The third-order valence-electron chi connectivity index (χ3n) is 3.29. The summed E-state index contributed by atoms with van der Waals surface area (Å²) in [5.74, 6) is 0.299. The van der Waals surface area contributed by atoms with Gasteiger partial charge >= 0.3 is 6.36 Å². The minimum absolute atomic E-state index is 0.0234. The van der Waals surface area contributed by atoms with Gasteiger partial charge in [0.05, 0.1) is 0 Å². The summed E-state index contributed by atoms with van der Waals surface area (Å²) in [5, 5.41) is 3.38. The normalized spacial score (nSPS) is 21.3. The summed E-state index contributed by atoms with van der Waals surface area (Å²) in [6.07, 6.45) is -1.29. The van der Waals surface area contributed by atoms with Crippen LogP contribution in [0.1, 0.15) is 26.2 Å². The lowest BCUT2D eigenvalue weighted by molar-refractivity contribution is -0.274. The molecule has 0 saturated carbocycles. The van der Waals surface area contributed by atoms with Crippen LogP contribution in [0.5, 0.6) is 11.5 Å². The average Bonchev–Trinajstić information content (AvgIpc) is 2.40. The van der Waals surface area contributed by atoms with Gasteiger partial charge < -0.3 is 14.8 Å². The first-order chi connectivity index (χ1) is 9.44. The van der Waals surface area contributed by atoms with Gasteiger partial charge in [-0.15, -0.1) is 13.2 Å².